The number of allylic oxidation sites excluding steroid dienone is 2. The summed E-state index contributed by atoms with van der Waals surface area (Å²) in [5.41, 5.74) is 0. The van der Waals surface area contributed by atoms with Gasteiger partial charge >= 0.3 is 11.9 Å². The van der Waals surface area contributed by atoms with Crippen molar-refractivity contribution >= 4 is 11.9 Å². The van der Waals surface area contributed by atoms with Crippen LogP contribution in [0.25, 0.3) is 0 Å². The first-order valence-corrected chi connectivity index (χ1v) is 17.6. The second-order valence-corrected chi connectivity index (χ2v) is 12.1. The van der Waals surface area contributed by atoms with Gasteiger partial charge in [0.2, 0.25) is 0 Å². The van der Waals surface area contributed by atoms with Crippen LogP contribution in [0.5, 0.6) is 0 Å². The second-order valence-electron chi connectivity index (χ2n) is 12.1. The smallest absolute Gasteiger partial charge is 0.307 e. The average molecular weight is 565 g/mol. The highest BCUT2D eigenvalue weighted by atomic mass is 16.5. The van der Waals surface area contributed by atoms with Gasteiger partial charge in [0, 0.05) is 0 Å². The number of hydrogen-bond donors (Lipinski definition) is 1. The molecule has 0 heterocycles. The number of aliphatic carboxylic acids is 1. The summed E-state index contributed by atoms with van der Waals surface area (Å²) >= 11 is 0. The van der Waals surface area contributed by atoms with Crippen molar-refractivity contribution in [2.24, 2.45) is 5.92 Å². The SMILES string of the molecule is CCCCCCCCCCCCCCC/C=C/CCCCCCCCCCCCC(CC(=O)OCCC)C(=O)O. The standard InChI is InChI=1S/C36H68O4/c1-3-5-6-7-8-9-10-11-12-13-14-15-16-17-18-19-20-21-22-23-24-25-26-27-28-29-30-31-34(36(38)39)33-35(37)40-32-4-2/h18-19,34H,3-17,20-33H2,1-2H3,(H,38,39)/b19-18+. The van der Waals surface area contributed by atoms with Gasteiger partial charge in [0.25, 0.3) is 0 Å². The molecule has 0 saturated carbocycles. The molecule has 0 amide bonds. The van der Waals surface area contributed by atoms with E-state index in [9.17, 15) is 14.7 Å². The topological polar surface area (TPSA) is 63.6 Å². The molecule has 0 radical (unpaired) electrons. The van der Waals surface area contributed by atoms with E-state index in [-0.39, 0.29) is 12.4 Å². The Bertz CT molecular complexity index is 571. The Morgan fingerprint density at radius 1 is 0.550 bits per heavy atom. The number of carbonyl (C=O) groups is 2. The van der Waals surface area contributed by atoms with Crippen LogP contribution in [-0.2, 0) is 14.3 Å². The molecule has 40 heavy (non-hydrogen) atoms. The number of unbranched alkanes of at least 4 members (excludes halogenated alkanes) is 23. The van der Waals surface area contributed by atoms with E-state index >= 15 is 0 Å². The van der Waals surface area contributed by atoms with E-state index in [0.717, 1.165) is 25.7 Å². The van der Waals surface area contributed by atoms with Crippen LogP contribution in [0.2, 0.25) is 0 Å². The van der Waals surface area contributed by atoms with Crippen molar-refractivity contribution in [3.63, 3.8) is 0 Å². The zero-order valence-corrected chi connectivity index (χ0v) is 26.9. The molecule has 0 aromatic rings. The summed E-state index contributed by atoms with van der Waals surface area (Å²) in [7, 11) is 0. The maximum Gasteiger partial charge on any atom is 0.307 e. The molecule has 0 bridgehead atoms. The number of esters is 1. The molecule has 0 aliphatic heterocycles. The molecule has 0 aromatic heterocycles. The van der Waals surface area contributed by atoms with E-state index < -0.39 is 11.9 Å². The Balaban J connectivity index is 3.32. The first-order valence-electron chi connectivity index (χ1n) is 17.6. The minimum atomic E-state index is -0.876. The third kappa shape index (κ3) is 29.7. The number of hydrogen-bond acceptors (Lipinski definition) is 3. The van der Waals surface area contributed by atoms with Crippen molar-refractivity contribution in [1.82, 2.24) is 0 Å². The highest BCUT2D eigenvalue weighted by Crippen LogP contribution is 2.18. The molecule has 236 valence electrons. The number of carbonyl (C=O) groups excluding carboxylic acids is 1. The van der Waals surface area contributed by atoms with Crippen molar-refractivity contribution < 1.29 is 19.4 Å². The molecule has 0 saturated heterocycles. The summed E-state index contributed by atoms with van der Waals surface area (Å²) in [5.74, 6) is -1.85. The van der Waals surface area contributed by atoms with Gasteiger partial charge in [-0.1, -0.05) is 161 Å². The molecule has 0 spiro atoms. The molecule has 1 N–H and O–H groups in total. The van der Waals surface area contributed by atoms with Gasteiger partial charge in [-0.05, 0) is 38.5 Å². The molecular weight excluding hydrogens is 496 g/mol. The lowest BCUT2D eigenvalue weighted by Gasteiger charge is -2.11. The highest BCUT2D eigenvalue weighted by Gasteiger charge is 2.21. The third-order valence-electron chi connectivity index (χ3n) is 8.04. The Labute approximate surface area is 249 Å². The highest BCUT2D eigenvalue weighted by molar-refractivity contribution is 5.78. The maximum atomic E-state index is 11.7. The van der Waals surface area contributed by atoms with Gasteiger partial charge in [0.05, 0.1) is 18.9 Å². The van der Waals surface area contributed by atoms with Gasteiger partial charge < -0.3 is 9.84 Å². The van der Waals surface area contributed by atoms with Crippen LogP contribution in [0.3, 0.4) is 0 Å². The fraction of sp³-hybridized carbons (Fsp3) is 0.889. The summed E-state index contributed by atoms with van der Waals surface area (Å²) in [5, 5.41) is 9.33. The fourth-order valence-corrected chi connectivity index (χ4v) is 5.37. The third-order valence-corrected chi connectivity index (χ3v) is 8.04. The van der Waals surface area contributed by atoms with Crippen molar-refractivity contribution in [2.45, 2.75) is 194 Å². The van der Waals surface area contributed by atoms with Crippen LogP contribution >= 0.6 is 0 Å². The van der Waals surface area contributed by atoms with E-state index in [0.29, 0.717) is 13.0 Å². The number of carboxylic acids is 1. The van der Waals surface area contributed by atoms with Crippen LogP contribution in [0.15, 0.2) is 12.2 Å². The molecule has 1 unspecified atom stereocenters. The Morgan fingerprint density at radius 2 is 0.925 bits per heavy atom. The molecule has 0 aliphatic carbocycles. The van der Waals surface area contributed by atoms with Crippen LogP contribution in [0.4, 0.5) is 0 Å². The minimum Gasteiger partial charge on any atom is -0.481 e. The Hall–Kier alpha value is -1.32. The van der Waals surface area contributed by atoms with Crippen LogP contribution < -0.4 is 0 Å². The van der Waals surface area contributed by atoms with Gasteiger partial charge in [-0.3, -0.25) is 9.59 Å². The number of carboxylic acid groups (broad SMARTS) is 1. The minimum absolute atomic E-state index is 0.00456. The van der Waals surface area contributed by atoms with Crippen molar-refractivity contribution in [2.75, 3.05) is 6.61 Å². The maximum absolute atomic E-state index is 11.7. The van der Waals surface area contributed by atoms with Crippen LogP contribution in [0.1, 0.15) is 194 Å². The molecule has 1 atom stereocenters. The summed E-state index contributed by atoms with van der Waals surface area (Å²) in [4.78, 5) is 23.1. The first kappa shape index (κ1) is 38.7. The summed E-state index contributed by atoms with van der Waals surface area (Å²) in [6.45, 7) is 4.60. The van der Waals surface area contributed by atoms with Gasteiger partial charge in [0.15, 0.2) is 0 Å². The van der Waals surface area contributed by atoms with E-state index in [1.54, 1.807) is 0 Å². The Kier molecular flexibility index (Phi) is 31.1. The van der Waals surface area contributed by atoms with Crippen molar-refractivity contribution in [1.29, 1.82) is 0 Å². The van der Waals surface area contributed by atoms with Gasteiger partial charge in [-0.25, -0.2) is 0 Å². The largest absolute Gasteiger partial charge is 0.481 e. The number of rotatable bonds is 32. The lowest BCUT2D eigenvalue weighted by molar-refractivity contribution is -0.151. The van der Waals surface area contributed by atoms with Gasteiger partial charge in [-0.2, -0.15) is 0 Å². The summed E-state index contributed by atoms with van der Waals surface area (Å²) in [6, 6.07) is 0. The molecule has 0 aromatic carbocycles. The van der Waals surface area contributed by atoms with E-state index in [4.69, 9.17) is 4.74 Å². The average Bonchev–Trinajstić information content (AvgIpc) is 2.94. The monoisotopic (exact) mass is 565 g/mol. The predicted octanol–water partition coefficient (Wildman–Crippen LogP) is 11.7. The predicted molar refractivity (Wildman–Crippen MR) is 172 cm³/mol. The van der Waals surface area contributed by atoms with Crippen LogP contribution in [-0.4, -0.2) is 23.7 Å². The van der Waals surface area contributed by atoms with Gasteiger partial charge in [0.1, 0.15) is 0 Å². The molecule has 0 fully saturated rings. The second kappa shape index (κ2) is 32.2. The lowest BCUT2D eigenvalue weighted by Crippen LogP contribution is -2.19. The zero-order chi connectivity index (χ0) is 29.4. The normalized spacial score (nSPS) is 12.2. The van der Waals surface area contributed by atoms with E-state index in [1.807, 2.05) is 6.92 Å². The fourth-order valence-electron chi connectivity index (χ4n) is 5.37. The summed E-state index contributed by atoms with van der Waals surface area (Å²) < 4.78 is 5.03. The molecule has 0 rings (SSSR count). The lowest BCUT2D eigenvalue weighted by atomic mass is 9.97. The van der Waals surface area contributed by atoms with Gasteiger partial charge in [-0.15, -0.1) is 0 Å². The summed E-state index contributed by atoms with van der Waals surface area (Å²) in [6.07, 6.45) is 39.5. The van der Waals surface area contributed by atoms with E-state index in [2.05, 4.69) is 19.1 Å². The van der Waals surface area contributed by atoms with Crippen LogP contribution in [0, 0.1) is 5.92 Å². The number of ether oxygens (including phenoxy) is 1. The molecule has 4 heteroatoms. The molecule has 0 aliphatic rings. The molecule has 4 nitrogen and oxygen atoms in total. The quantitative estimate of drug-likeness (QED) is 0.0501. The molecular formula is C36H68O4. The zero-order valence-electron chi connectivity index (χ0n) is 26.9. The first-order chi connectivity index (χ1) is 19.6. The van der Waals surface area contributed by atoms with E-state index in [1.165, 1.54) is 141 Å². The Morgan fingerprint density at radius 3 is 1.30 bits per heavy atom. The van der Waals surface area contributed by atoms with Crippen molar-refractivity contribution in [3.8, 4) is 0 Å². The van der Waals surface area contributed by atoms with Crippen molar-refractivity contribution in [3.05, 3.63) is 12.2 Å².